The zero-order valence-corrected chi connectivity index (χ0v) is 18.5. The normalized spacial score (nSPS) is 17.7. The summed E-state index contributed by atoms with van der Waals surface area (Å²) in [6.07, 6.45) is 5.67. The maximum Gasteiger partial charge on any atom is 0.137 e. The first-order valence-corrected chi connectivity index (χ1v) is 11.0. The molecule has 0 bridgehead atoms. The molecule has 3 heteroatoms. The monoisotopic (exact) mass is 376 g/mol. The van der Waals surface area contributed by atoms with Crippen molar-refractivity contribution in [3.63, 3.8) is 0 Å². The lowest BCUT2D eigenvalue weighted by Crippen LogP contribution is -3.14. The van der Waals surface area contributed by atoms with Gasteiger partial charge in [0.1, 0.15) is 25.0 Å². The van der Waals surface area contributed by atoms with Gasteiger partial charge >= 0.3 is 0 Å². The van der Waals surface area contributed by atoms with E-state index in [9.17, 15) is 5.11 Å². The first kappa shape index (κ1) is 22.2. The highest BCUT2D eigenvalue weighted by atomic mass is 16.5. The van der Waals surface area contributed by atoms with Crippen LogP contribution in [0.25, 0.3) is 0 Å². The van der Waals surface area contributed by atoms with E-state index in [2.05, 4.69) is 59.7 Å². The van der Waals surface area contributed by atoms with Crippen molar-refractivity contribution < 1.29 is 14.7 Å². The molecular weight excluding hydrogens is 334 g/mol. The van der Waals surface area contributed by atoms with E-state index in [1.54, 1.807) is 0 Å². The Morgan fingerprint density at radius 3 is 2.22 bits per heavy atom. The van der Waals surface area contributed by atoms with Crippen molar-refractivity contribution >= 4 is 0 Å². The Bertz CT molecular complexity index is 588. The van der Waals surface area contributed by atoms with Crippen LogP contribution in [-0.2, 0) is 10.8 Å². The highest BCUT2D eigenvalue weighted by Gasteiger charge is 2.27. The molecule has 1 aromatic carbocycles. The Morgan fingerprint density at radius 2 is 1.63 bits per heavy atom. The van der Waals surface area contributed by atoms with Gasteiger partial charge in [-0.1, -0.05) is 53.7 Å². The third-order valence-corrected chi connectivity index (χ3v) is 6.77. The lowest BCUT2D eigenvalue weighted by molar-refractivity contribution is -0.908. The van der Waals surface area contributed by atoms with E-state index in [1.165, 1.54) is 48.4 Å². The van der Waals surface area contributed by atoms with Gasteiger partial charge in [-0.2, -0.15) is 0 Å². The van der Waals surface area contributed by atoms with Gasteiger partial charge in [0.15, 0.2) is 0 Å². The number of ether oxygens (including phenoxy) is 1. The molecule has 0 amide bonds. The molecule has 1 fully saturated rings. The maximum atomic E-state index is 10.5. The summed E-state index contributed by atoms with van der Waals surface area (Å²) in [5.41, 5.74) is 2.85. The number of likely N-dealkylation sites (tertiary alicyclic amines) is 1. The molecule has 3 nitrogen and oxygen atoms in total. The predicted octanol–water partition coefficient (Wildman–Crippen LogP) is 3.87. The standard InChI is InChI=1S/C24H41NO2/c1-7-23(3,4)19-12-13-22(21(16-19)24(5,6)8-2)27-18-20(26)17-25-14-10-9-11-15-25/h12-13,16,20,26H,7-11,14-15,17-18H2,1-6H3/p+1. The van der Waals surface area contributed by atoms with Gasteiger partial charge in [-0.3, -0.25) is 0 Å². The number of nitrogens with one attached hydrogen (secondary N) is 1. The average molecular weight is 377 g/mol. The van der Waals surface area contributed by atoms with Crippen LogP contribution < -0.4 is 9.64 Å². The van der Waals surface area contributed by atoms with Crippen LogP contribution in [0.5, 0.6) is 5.75 Å². The minimum absolute atomic E-state index is 0.0538. The van der Waals surface area contributed by atoms with Crippen molar-refractivity contribution in [3.05, 3.63) is 29.3 Å². The molecule has 0 spiro atoms. The van der Waals surface area contributed by atoms with E-state index in [1.807, 2.05) is 0 Å². The summed E-state index contributed by atoms with van der Waals surface area (Å²) in [5, 5.41) is 10.5. The van der Waals surface area contributed by atoms with Crippen LogP contribution in [0.3, 0.4) is 0 Å². The fourth-order valence-electron chi connectivity index (χ4n) is 3.83. The van der Waals surface area contributed by atoms with Gasteiger partial charge in [0, 0.05) is 5.56 Å². The molecule has 0 aliphatic carbocycles. The van der Waals surface area contributed by atoms with Crippen LogP contribution in [0.2, 0.25) is 0 Å². The van der Waals surface area contributed by atoms with Crippen molar-refractivity contribution in [2.45, 2.75) is 90.6 Å². The number of benzene rings is 1. The number of hydrogen-bond donors (Lipinski definition) is 2. The molecule has 1 aliphatic heterocycles. The van der Waals surface area contributed by atoms with Gasteiger partial charge in [0.05, 0.1) is 13.1 Å². The minimum Gasteiger partial charge on any atom is -0.490 e. The molecule has 1 saturated heterocycles. The van der Waals surface area contributed by atoms with Crippen molar-refractivity contribution in [1.29, 1.82) is 0 Å². The molecule has 1 atom stereocenters. The number of quaternary nitrogens is 1. The van der Waals surface area contributed by atoms with Crippen LogP contribution in [0.15, 0.2) is 18.2 Å². The van der Waals surface area contributed by atoms with Gasteiger partial charge < -0.3 is 14.7 Å². The third-order valence-electron chi connectivity index (χ3n) is 6.77. The predicted molar refractivity (Wildman–Crippen MR) is 114 cm³/mol. The Hall–Kier alpha value is -1.06. The number of hydrogen-bond acceptors (Lipinski definition) is 2. The van der Waals surface area contributed by atoms with E-state index >= 15 is 0 Å². The van der Waals surface area contributed by atoms with Gasteiger partial charge in [0.25, 0.3) is 0 Å². The topological polar surface area (TPSA) is 33.9 Å². The first-order valence-electron chi connectivity index (χ1n) is 11.0. The largest absolute Gasteiger partial charge is 0.490 e. The Balaban J connectivity index is 2.12. The molecule has 154 valence electrons. The van der Waals surface area contributed by atoms with Crippen LogP contribution in [0, 0.1) is 0 Å². The Kier molecular flexibility index (Phi) is 7.76. The lowest BCUT2D eigenvalue weighted by atomic mass is 9.76. The van der Waals surface area contributed by atoms with E-state index in [0.717, 1.165) is 25.1 Å². The minimum atomic E-state index is -0.401. The Morgan fingerprint density at radius 1 is 1.00 bits per heavy atom. The molecule has 0 aromatic heterocycles. The van der Waals surface area contributed by atoms with E-state index in [-0.39, 0.29) is 10.8 Å². The second kappa shape index (κ2) is 9.43. The molecule has 1 heterocycles. The number of aliphatic hydroxyl groups excluding tert-OH is 1. The number of piperidine rings is 1. The van der Waals surface area contributed by atoms with Crippen molar-refractivity contribution in [3.8, 4) is 5.75 Å². The summed E-state index contributed by atoms with van der Waals surface area (Å²) >= 11 is 0. The molecule has 27 heavy (non-hydrogen) atoms. The van der Waals surface area contributed by atoms with Crippen LogP contribution in [0.1, 0.15) is 84.8 Å². The summed E-state index contributed by atoms with van der Waals surface area (Å²) in [5.74, 6) is 0.935. The summed E-state index contributed by atoms with van der Waals surface area (Å²) in [6.45, 7) is 17.2. The van der Waals surface area contributed by atoms with Crippen molar-refractivity contribution in [1.82, 2.24) is 0 Å². The molecular formula is C24H42NO2+. The van der Waals surface area contributed by atoms with Crippen LogP contribution in [-0.4, -0.2) is 37.5 Å². The molecule has 2 rings (SSSR count). The van der Waals surface area contributed by atoms with Crippen molar-refractivity contribution in [2.24, 2.45) is 0 Å². The van der Waals surface area contributed by atoms with Gasteiger partial charge in [-0.25, -0.2) is 0 Å². The van der Waals surface area contributed by atoms with Crippen molar-refractivity contribution in [2.75, 3.05) is 26.2 Å². The second-order valence-corrected chi connectivity index (χ2v) is 9.67. The maximum absolute atomic E-state index is 10.5. The van der Waals surface area contributed by atoms with E-state index in [4.69, 9.17) is 4.74 Å². The second-order valence-electron chi connectivity index (χ2n) is 9.67. The fourth-order valence-corrected chi connectivity index (χ4v) is 3.83. The molecule has 0 radical (unpaired) electrons. The van der Waals surface area contributed by atoms with Gasteiger partial charge in [0.2, 0.25) is 0 Å². The van der Waals surface area contributed by atoms with Crippen LogP contribution in [0.4, 0.5) is 0 Å². The summed E-state index contributed by atoms with van der Waals surface area (Å²) < 4.78 is 6.17. The zero-order valence-electron chi connectivity index (χ0n) is 18.5. The lowest BCUT2D eigenvalue weighted by Gasteiger charge is -2.31. The first-order chi connectivity index (χ1) is 12.7. The van der Waals surface area contributed by atoms with Crippen LogP contribution >= 0.6 is 0 Å². The average Bonchev–Trinajstić information content (AvgIpc) is 2.67. The molecule has 0 saturated carbocycles. The molecule has 1 aromatic rings. The zero-order chi connectivity index (χ0) is 20.1. The van der Waals surface area contributed by atoms with Gasteiger partial charge in [-0.05, 0) is 54.6 Å². The summed E-state index contributed by atoms with van der Waals surface area (Å²) in [4.78, 5) is 1.52. The smallest absolute Gasteiger partial charge is 0.137 e. The molecule has 1 aliphatic rings. The highest BCUT2D eigenvalue weighted by Crippen LogP contribution is 2.38. The summed E-state index contributed by atoms with van der Waals surface area (Å²) in [7, 11) is 0. The quantitative estimate of drug-likeness (QED) is 0.686. The molecule has 2 N–H and O–H groups in total. The van der Waals surface area contributed by atoms with E-state index < -0.39 is 6.10 Å². The number of rotatable bonds is 9. The summed E-state index contributed by atoms with van der Waals surface area (Å²) in [6, 6.07) is 6.67. The SMILES string of the molecule is CCC(C)(C)c1ccc(OCC(O)C[NH+]2CCCCC2)c(C(C)(C)CC)c1. The highest BCUT2D eigenvalue weighted by molar-refractivity contribution is 5.44. The third kappa shape index (κ3) is 5.96. The Labute approximate surface area is 167 Å². The van der Waals surface area contributed by atoms with Gasteiger partial charge in [-0.15, -0.1) is 0 Å². The van der Waals surface area contributed by atoms with E-state index in [0.29, 0.717) is 6.61 Å². The molecule has 1 unspecified atom stereocenters. The fraction of sp³-hybridized carbons (Fsp3) is 0.750. The number of aliphatic hydroxyl groups is 1.